The standard InChI is InChI=1S/C14H26N2O2/c1-16(11-7-3-4-8-12(11)17)13(18)14(15)9-5-2-6-10-14/h11-12,17H,2-10,15H2,1H3. The summed E-state index contributed by atoms with van der Waals surface area (Å²) in [6.07, 6.45) is 8.34. The average molecular weight is 254 g/mol. The minimum absolute atomic E-state index is 0.0337. The topological polar surface area (TPSA) is 66.6 Å². The van der Waals surface area contributed by atoms with Gasteiger partial charge in [0.25, 0.3) is 0 Å². The molecule has 4 heteroatoms. The Morgan fingerprint density at radius 1 is 1.17 bits per heavy atom. The predicted molar refractivity (Wildman–Crippen MR) is 71.0 cm³/mol. The van der Waals surface area contributed by atoms with E-state index < -0.39 is 5.54 Å². The second kappa shape index (κ2) is 5.57. The van der Waals surface area contributed by atoms with Gasteiger partial charge in [-0.15, -0.1) is 0 Å². The fraction of sp³-hybridized carbons (Fsp3) is 0.929. The molecule has 0 aliphatic heterocycles. The minimum atomic E-state index is -0.676. The van der Waals surface area contributed by atoms with Crippen LogP contribution in [0.4, 0.5) is 0 Å². The quantitative estimate of drug-likeness (QED) is 0.783. The Balaban J connectivity index is 2.02. The summed E-state index contributed by atoms with van der Waals surface area (Å²) in [7, 11) is 1.81. The van der Waals surface area contributed by atoms with Crippen molar-refractivity contribution in [3.8, 4) is 0 Å². The van der Waals surface area contributed by atoms with Gasteiger partial charge in [-0.3, -0.25) is 4.79 Å². The van der Waals surface area contributed by atoms with Crippen LogP contribution in [0, 0.1) is 0 Å². The summed E-state index contributed by atoms with van der Waals surface area (Å²) in [5.74, 6) is 0.0353. The molecule has 0 heterocycles. The summed E-state index contributed by atoms with van der Waals surface area (Å²) in [5.41, 5.74) is 5.61. The van der Waals surface area contributed by atoms with Crippen LogP contribution in [0.25, 0.3) is 0 Å². The Morgan fingerprint density at radius 3 is 2.39 bits per heavy atom. The molecule has 0 bridgehead atoms. The second-order valence-electron chi connectivity index (χ2n) is 6.05. The number of carbonyl (C=O) groups is 1. The zero-order valence-corrected chi connectivity index (χ0v) is 11.4. The van der Waals surface area contributed by atoms with Crippen molar-refractivity contribution >= 4 is 5.91 Å². The van der Waals surface area contributed by atoms with Gasteiger partial charge in [0.2, 0.25) is 5.91 Å². The first kappa shape index (κ1) is 13.8. The Hall–Kier alpha value is -0.610. The molecule has 3 N–H and O–H groups in total. The molecule has 2 aliphatic carbocycles. The lowest BCUT2D eigenvalue weighted by molar-refractivity contribution is -0.142. The van der Waals surface area contributed by atoms with Gasteiger partial charge in [-0.05, 0) is 25.7 Å². The molecule has 2 saturated carbocycles. The number of aliphatic hydroxyl groups excluding tert-OH is 1. The number of rotatable bonds is 2. The van der Waals surface area contributed by atoms with Gasteiger partial charge in [0.15, 0.2) is 0 Å². The Kier molecular flexibility index (Phi) is 4.28. The number of hydrogen-bond acceptors (Lipinski definition) is 3. The van der Waals surface area contributed by atoms with Crippen LogP contribution < -0.4 is 5.73 Å². The van der Waals surface area contributed by atoms with Crippen LogP contribution in [0.2, 0.25) is 0 Å². The first-order valence-electron chi connectivity index (χ1n) is 7.29. The van der Waals surface area contributed by atoms with E-state index in [1.54, 1.807) is 4.90 Å². The zero-order chi connectivity index (χ0) is 13.2. The van der Waals surface area contributed by atoms with E-state index in [9.17, 15) is 9.90 Å². The van der Waals surface area contributed by atoms with E-state index >= 15 is 0 Å². The molecule has 0 spiro atoms. The predicted octanol–water partition coefficient (Wildman–Crippen LogP) is 1.41. The van der Waals surface area contributed by atoms with Crippen molar-refractivity contribution in [2.45, 2.75) is 75.5 Å². The van der Waals surface area contributed by atoms with Crippen LogP contribution in [0.3, 0.4) is 0 Å². The summed E-state index contributed by atoms with van der Waals surface area (Å²) >= 11 is 0. The van der Waals surface area contributed by atoms with Gasteiger partial charge < -0.3 is 15.7 Å². The molecule has 18 heavy (non-hydrogen) atoms. The monoisotopic (exact) mass is 254 g/mol. The molecule has 2 atom stereocenters. The minimum Gasteiger partial charge on any atom is -0.391 e. The van der Waals surface area contributed by atoms with E-state index in [-0.39, 0.29) is 18.1 Å². The number of hydrogen-bond donors (Lipinski definition) is 2. The summed E-state index contributed by atoms with van der Waals surface area (Å²) in [4.78, 5) is 14.3. The van der Waals surface area contributed by atoms with Gasteiger partial charge in [0.05, 0.1) is 17.7 Å². The molecule has 4 nitrogen and oxygen atoms in total. The van der Waals surface area contributed by atoms with Gasteiger partial charge in [0.1, 0.15) is 0 Å². The summed E-state index contributed by atoms with van der Waals surface area (Å²) in [6.45, 7) is 0. The highest BCUT2D eigenvalue weighted by Crippen LogP contribution is 2.30. The van der Waals surface area contributed by atoms with Gasteiger partial charge in [-0.25, -0.2) is 0 Å². The molecule has 1 amide bonds. The first-order valence-corrected chi connectivity index (χ1v) is 7.29. The van der Waals surface area contributed by atoms with Crippen molar-refractivity contribution < 1.29 is 9.90 Å². The lowest BCUT2D eigenvalue weighted by Gasteiger charge is -2.41. The van der Waals surface area contributed by atoms with Crippen LogP contribution in [0.1, 0.15) is 57.8 Å². The number of carbonyl (C=O) groups excluding carboxylic acids is 1. The first-order chi connectivity index (χ1) is 8.54. The molecule has 104 valence electrons. The fourth-order valence-corrected chi connectivity index (χ4v) is 3.44. The Labute approximate surface area is 110 Å². The maximum Gasteiger partial charge on any atom is 0.242 e. The van der Waals surface area contributed by atoms with Crippen molar-refractivity contribution in [2.24, 2.45) is 5.73 Å². The normalized spacial score (nSPS) is 31.9. The van der Waals surface area contributed by atoms with Gasteiger partial charge in [-0.1, -0.05) is 32.1 Å². The molecule has 2 rings (SSSR count). The zero-order valence-electron chi connectivity index (χ0n) is 11.4. The SMILES string of the molecule is CN(C(=O)C1(N)CCCCC1)C1CCCCC1O. The third-order valence-corrected chi connectivity index (χ3v) is 4.68. The highest BCUT2D eigenvalue weighted by Gasteiger charge is 2.40. The van der Waals surface area contributed by atoms with E-state index in [0.717, 1.165) is 51.4 Å². The van der Waals surface area contributed by atoms with Crippen molar-refractivity contribution in [1.82, 2.24) is 4.90 Å². The number of nitrogens with two attached hydrogens (primary N) is 1. The van der Waals surface area contributed by atoms with Crippen molar-refractivity contribution in [2.75, 3.05) is 7.05 Å². The number of likely N-dealkylation sites (N-methyl/N-ethyl adjacent to an activating group) is 1. The maximum atomic E-state index is 12.6. The fourth-order valence-electron chi connectivity index (χ4n) is 3.44. The van der Waals surface area contributed by atoms with Crippen molar-refractivity contribution in [3.05, 3.63) is 0 Å². The Morgan fingerprint density at radius 2 is 1.78 bits per heavy atom. The molecule has 0 aromatic carbocycles. The van der Waals surface area contributed by atoms with Crippen LogP contribution >= 0.6 is 0 Å². The van der Waals surface area contributed by atoms with E-state index in [1.807, 2.05) is 7.05 Å². The van der Waals surface area contributed by atoms with Crippen LogP contribution in [0.15, 0.2) is 0 Å². The molecule has 2 aliphatic rings. The molecular weight excluding hydrogens is 228 g/mol. The highest BCUT2D eigenvalue weighted by atomic mass is 16.3. The molecule has 0 saturated heterocycles. The number of aliphatic hydroxyl groups is 1. The van der Waals surface area contributed by atoms with Crippen molar-refractivity contribution in [1.29, 1.82) is 0 Å². The summed E-state index contributed by atoms with van der Waals surface area (Å²) in [6, 6.07) is -0.0337. The molecule has 0 aromatic heterocycles. The average Bonchev–Trinajstić information content (AvgIpc) is 2.38. The molecular formula is C14H26N2O2. The number of amides is 1. The van der Waals surface area contributed by atoms with Gasteiger partial charge in [-0.2, -0.15) is 0 Å². The van der Waals surface area contributed by atoms with E-state index in [0.29, 0.717) is 0 Å². The lowest BCUT2D eigenvalue weighted by Crippen LogP contribution is -2.59. The molecule has 0 radical (unpaired) electrons. The molecule has 2 fully saturated rings. The summed E-state index contributed by atoms with van der Waals surface area (Å²) in [5, 5.41) is 10.0. The van der Waals surface area contributed by atoms with Crippen LogP contribution in [0.5, 0.6) is 0 Å². The third kappa shape index (κ3) is 2.69. The smallest absolute Gasteiger partial charge is 0.242 e. The largest absolute Gasteiger partial charge is 0.391 e. The van der Waals surface area contributed by atoms with E-state index in [4.69, 9.17) is 5.73 Å². The summed E-state index contributed by atoms with van der Waals surface area (Å²) < 4.78 is 0. The van der Waals surface area contributed by atoms with Crippen LogP contribution in [-0.4, -0.2) is 40.6 Å². The lowest BCUT2D eigenvalue weighted by atomic mass is 9.80. The number of nitrogens with zero attached hydrogens (tertiary/aromatic N) is 1. The van der Waals surface area contributed by atoms with Crippen LogP contribution in [-0.2, 0) is 4.79 Å². The van der Waals surface area contributed by atoms with Crippen molar-refractivity contribution in [3.63, 3.8) is 0 Å². The molecule has 2 unspecified atom stereocenters. The maximum absolute atomic E-state index is 12.6. The second-order valence-corrected chi connectivity index (χ2v) is 6.05. The van der Waals surface area contributed by atoms with Gasteiger partial charge in [0, 0.05) is 7.05 Å². The Bertz CT molecular complexity index is 300. The van der Waals surface area contributed by atoms with E-state index in [1.165, 1.54) is 6.42 Å². The third-order valence-electron chi connectivity index (χ3n) is 4.68. The molecule has 0 aromatic rings. The van der Waals surface area contributed by atoms with Gasteiger partial charge >= 0.3 is 0 Å². The van der Waals surface area contributed by atoms with E-state index in [2.05, 4.69) is 0 Å². The highest BCUT2D eigenvalue weighted by molar-refractivity contribution is 5.86.